The van der Waals surface area contributed by atoms with Gasteiger partial charge in [-0.3, -0.25) is 14.4 Å². The zero-order valence-electron chi connectivity index (χ0n) is 14.5. The molecular formula is C18H28N2O4. The van der Waals surface area contributed by atoms with Gasteiger partial charge in [0.15, 0.2) is 0 Å². The number of nitrogens with one attached hydrogen (secondary N) is 1. The average Bonchev–Trinajstić information content (AvgIpc) is 2.85. The highest BCUT2D eigenvalue weighted by Gasteiger charge is 2.16. The Kier molecular flexibility index (Phi) is 11.8. The predicted molar refractivity (Wildman–Crippen MR) is 93.7 cm³/mol. The molecular weight excluding hydrogens is 308 g/mol. The van der Waals surface area contributed by atoms with Crippen LogP contribution in [0.2, 0.25) is 0 Å². The molecule has 134 valence electrons. The summed E-state index contributed by atoms with van der Waals surface area (Å²) in [6.45, 7) is 13.3. The third-order valence-electron chi connectivity index (χ3n) is 3.44. The van der Waals surface area contributed by atoms with Gasteiger partial charge in [-0.1, -0.05) is 25.7 Å². The van der Waals surface area contributed by atoms with Gasteiger partial charge in [-0.2, -0.15) is 0 Å². The number of carbonyl (C=O) groups excluding carboxylic acids is 3. The molecule has 2 aliphatic rings. The molecule has 2 heterocycles. The maximum absolute atomic E-state index is 11.1. The number of carbonyl (C=O) groups is 3. The van der Waals surface area contributed by atoms with Crippen molar-refractivity contribution in [2.24, 2.45) is 5.92 Å². The van der Waals surface area contributed by atoms with E-state index < -0.39 is 0 Å². The highest BCUT2D eigenvalue weighted by molar-refractivity contribution is 5.80. The van der Waals surface area contributed by atoms with Gasteiger partial charge in [-0.05, 0) is 25.5 Å². The van der Waals surface area contributed by atoms with Gasteiger partial charge in [0.1, 0.15) is 0 Å². The van der Waals surface area contributed by atoms with Crippen molar-refractivity contribution in [3.05, 3.63) is 38.3 Å². The Labute approximate surface area is 144 Å². The van der Waals surface area contributed by atoms with Crippen LogP contribution in [0.15, 0.2) is 38.3 Å². The molecule has 2 fully saturated rings. The number of rotatable bonds is 3. The van der Waals surface area contributed by atoms with Crippen LogP contribution in [0.5, 0.6) is 0 Å². The molecule has 0 spiro atoms. The van der Waals surface area contributed by atoms with Gasteiger partial charge in [-0.25, -0.2) is 0 Å². The number of hydrogen-bond acceptors (Lipinski definition) is 4. The first-order valence-corrected chi connectivity index (χ1v) is 8.06. The summed E-state index contributed by atoms with van der Waals surface area (Å²) in [5, 5.41) is 2.84. The molecule has 2 amide bonds. The average molecular weight is 336 g/mol. The maximum atomic E-state index is 11.1. The molecule has 0 bridgehead atoms. The Bertz CT molecular complexity index is 460. The van der Waals surface area contributed by atoms with Gasteiger partial charge in [-0.15, -0.1) is 6.58 Å². The second kappa shape index (κ2) is 13.1. The second-order valence-electron chi connectivity index (χ2n) is 5.28. The summed E-state index contributed by atoms with van der Waals surface area (Å²) in [7, 11) is 0. The van der Waals surface area contributed by atoms with E-state index in [9.17, 15) is 14.4 Å². The molecule has 6 heteroatoms. The lowest BCUT2D eigenvalue weighted by Crippen LogP contribution is -2.27. The monoisotopic (exact) mass is 336 g/mol. The summed E-state index contributed by atoms with van der Waals surface area (Å²) < 4.78 is 4.17. The summed E-state index contributed by atoms with van der Waals surface area (Å²) in [6, 6.07) is 0. The summed E-state index contributed by atoms with van der Waals surface area (Å²) in [6.07, 6.45) is 9.33. The SMILES string of the molecule is C=CC1CCCCNC1=O.C=CN1CCCC1=O.C=COC(C)=O. The zero-order chi connectivity index (χ0) is 18.4. The number of ether oxygens (including phenoxy) is 1. The molecule has 1 atom stereocenters. The molecule has 24 heavy (non-hydrogen) atoms. The molecule has 0 aromatic heterocycles. The minimum absolute atomic E-state index is 0.0579. The minimum atomic E-state index is -0.329. The molecule has 0 saturated carbocycles. The Morgan fingerprint density at radius 1 is 1.25 bits per heavy atom. The first-order chi connectivity index (χ1) is 11.5. The lowest BCUT2D eigenvalue weighted by Gasteiger charge is -2.05. The van der Waals surface area contributed by atoms with E-state index in [1.54, 1.807) is 17.2 Å². The normalized spacial score (nSPS) is 19.4. The van der Waals surface area contributed by atoms with Crippen molar-refractivity contribution in [2.45, 2.75) is 39.0 Å². The van der Waals surface area contributed by atoms with Crippen LogP contribution in [0, 0.1) is 5.92 Å². The van der Waals surface area contributed by atoms with Crippen LogP contribution < -0.4 is 5.32 Å². The molecule has 0 aliphatic carbocycles. The van der Waals surface area contributed by atoms with E-state index in [1.165, 1.54) is 6.92 Å². The van der Waals surface area contributed by atoms with Crippen molar-refractivity contribution in [3.63, 3.8) is 0 Å². The van der Waals surface area contributed by atoms with Gasteiger partial charge in [0.05, 0.1) is 12.2 Å². The summed E-state index contributed by atoms with van der Waals surface area (Å²) >= 11 is 0. The molecule has 0 aromatic rings. The quantitative estimate of drug-likeness (QED) is 0.488. The van der Waals surface area contributed by atoms with Crippen molar-refractivity contribution in [1.29, 1.82) is 0 Å². The van der Waals surface area contributed by atoms with Crippen LogP contribution in [0.25, 0.3) is 0 Å². The summed E-state index contributed by atoms with van der Waals surface area (Å²) in [5.41, 5.74) is 0. The van der Waals surface area contributed by atoms with Crippen LogP contribution in [0.3, 0.4) is 0 Å². The van der Waals surface area contributed by atoms with Crippen LogP contribution in [-0.4, -0.2) is 35.8 Å². The molecule has 1 unspecified atom stereocenters. The standard InChI is InChI=1S/C8H13NO.C6H9NO.C4H6O2/c1-2-7-5-3-4-6-9-8(7)10;1-2-7-5-3-4-6(7)8;1-3-6-4(2)5/h2,7H,1,3-6H2,(H,9,10);2H,1,3-5H2;3H,1H2,2H3. The van der Waals surface area contributed by atoms with E-state index in [1.807, 2.05) is 0 Å². The fourth-order valence-electron chi connectivity index (χ4n) is 2.17. The topological polar surface area (TPSA) is 75.7 Å². The van der Waals surface area contributed by atoms with E-state index in [0.29, 0.717) is 6.42 Å². The first kappa shape index (κ1) is 21.6. The molecule has 2 saturated heterocycles. The van der Waals surface area contributed by atoms with E-state index in [4.69, 9.17) is 0 Å². The Morgan fingerprint density at radius 3 is 2.33 bits per heavy atom. The van der Waals surface area contributed by atoms with Crippen molar-refractivity contribution >= 4 is 17.8 Å². The van der Waals surface area contributed by atoms with Crippen LogP contribution in [-0.2, 0) is 19.1 Å². The molecule has 2 aliphatic heterocycles. The molecule has 6 nitrogen and oxygen atoms in total. The molecule has 0 aromatic carbocycles. The lowest BCUT2D eigenvalue weighted by molar-refractivity contribution is -0.135. The van der Waals surface area contributed by atoms with E-state index in [0.717, 1.165) is 45.0 Å². The summed E-state index contributed by atoms with van der Waals surface area (Å²) in [4.78, 5) is 33.1. The van der Waals surface area contributed by atoms with Crippen molar-refractivity contribution in [1.82, 2.24) is 10.2 Å². The smallest absolute Gasteiger partial charge is 0.307 e. The minimum Gasteiger partial charge on any atom is -0.435 e. The van der Waals surface area contributed by atoms with Gasteiger partial charge >= 0.3 is 5.97 Å². The van der Waals surface area contributed by atoms with Crippen LogP contribution in [0.1, 0.15) is 39.0 Å². The largest absolute Gasteiger partial charge is 0.435 e. The van der Waals surface area contributed by atoms with Crippen molar-refractivity contribution in [2.75, 3.05) is 13.1 Å². The molecule has 0 radical (unpaired) electrons. The highest BCUT2D eigenvalue weighted by atomic mass is 16.5. The fourth-order valence-corrected chi connectivity index (χ4v) is 2.17. The van der Waals surface area contributed by atoms with Crippen LogP contribution >= 0.6 is 0 Å². The van der Waals surface area contributed by atoms with Gasteiger partial charge in [0.25, 0.3) is 0 Å². The second-order valence-corrected chi connectivity index (χ2v) is 5.28. The van der Waals surface area contributed by atoms with Crippen molar-refractivity contribution in [3.8, 4) is 0 Å². The molecule has 1 N–H and O–H groups in total. The van der Waals surface area contributed by atoms with Gasteiger partial charge < -0.3 is 15.0 Å². The fraction of sp³-hybridized carbons (Fsp3) is 0.500. The number of amides is 2. The predicted octanol–water partition coefficient (Wildman–Crippen LogP) is 2.53. The zero-order valence-corrected chi connectivity index (χ0v) is 14.5. The number of likely N-dealkylation sites (tertiary alicyclic amines) is 1. The van der Waals surface area contributed by atoms with Crippen LogP contribution in [0.4, 0.5) is 0 Å². The third-order valence-corrected chi connectivity index (χ3v) is 3.44. The maximum Gasteiger partial charge on any atom is 0.307 e. The van der Waals surface area contributed by atoms with Crippen molar-refractivity contribution < 1.29 is 19.1 Å². The Balaban J connectivity index is 0.000000343. The number of esters is 1. The highest BCUT2D eigenvalue weighted by Crippen LogP contribution is 2.12. The first-order valence-electron chi connectivity index (χ1n) is 8.06. The third kappa shape index (κ3) is 9.61. The molecule has 2 rings (SSSR count). The van der Waals surface area contributed by atoms with E-state index in [-0.39, 0.29) is 23.7 Å². The number of hydrogen-bond donors (Lipinski definition) is 1. The van der Waals surface area contributed by atoms with E-state index in [2.05, 4.69) is 29.8 Å². The summed E-state index contributed by atoms with van der Waals surface area (Å²) in [5.74, 6) is 0.0833. The van der Waals surface area contributed by atoms with Gasteiger partial charge in [0.2, 0.25) is 11.8 Å². The van der Waals surface area contributed by atoms with Gasteiger partial charge in [0, 0.05) is 26.4 Å². The van der Waals surface area contributed by atoms with E-state index >= 15 is 0 Å². The Morgan fingerprint density at radius 2 is 1.96 bits per heavy atom. The Hall–Kier alpha value is -2.37. The number of nitrogens with zero attached hydrogens (tertiary/aromatic N) is 1. The lowest BCUT2D eigenvalue weighted by atomic mass is 10.0.